The van der Waals surface area contributed by atoms with Crippen molar-refractivity contribution in [2.45, 2.75) is 20.4 Å². The van der Waals surface area contributed by atoms with Crippen LogP contribution in [0.2, 0.25) is 0 Å². The Labute approximate surface area is 185 Å². The minimum atomic E-state index is -0.455. The average Bonchev–Trinajstić information content (AvgIpc) is 2.81. The van der Waals surface area contributed by atoms with Crippen molar-refractivity contribution in [3.63, 3.8) is 0 Å². The largest absolute Gasteiger partial charge is 0.354 e. The van der Waals surface area contributed by atoms with Crippen molar-refractivity contribution in [3.8, 4) is 0 Å². The summed E-state index contributed by atoms with van der Waals surface area (Å²) in [6.45, 7) is 4.26. The molecule has 8 heteroatoms. The summed E-state index contributed by atoms with van der Waals surface area (Å²) in [5, 5.41) is 15.3. The summed E-state index contributed by atoms with van der Waals surface area (Å²) in [5.74, 6) is 0.846. The third kappa shape index (κ3) is 4.54. The van der Waals surface area contributed by atoms with Crippen LogP contribution in [0.4, 0.5) is 28.8 Å². The van der Waals surface area contributed by atoms with Crippen molar-refractivity contribution < 1.29 is 4.92 Å². The van der Waals surface area contributed by atoms with Gasteiger partial charge in [0.2, 0.25) is 11.6 Å². The molecule has 0 saturated heterocycles. The number of hydrogen-bond donors (Lipinski definition) is 1. The third-order valence-electron chi connectivity index (χ3n) is 5.00. The molecule has 0 atom stereocenters. The highest BCUT2D eigenvalue weighted by Crippen LogP contribution is 2.37. The van der Waals surface area contributed by atoms with Crippen molar-refractivity contribution in [3.05, 3.63) is 106 Å². The van der Waals surface area contributed by atoms with Crippen molar-refractivity contribution in [1.29, 1.82) is 0 Å². The number of rotatable bonds is 7. The van der Waals surface area contributed by atoms with E-state index < -0.39 is 4.92 Å². The first-order valence-corrected chi connectivity index (χ1v) is 10.1. The molecule has 32 heavy (non-hydrogen) atoms. The molecule has 0 bridgehead atoms. The summed E-state index contributed by atoms with van der Waals surface area (Å²) in [7, 11) is 0. The van der Waals surface area contributed by atoms with Gasteiger partial charge in [-0.3, -0.25) is 10.1 Å². The Balaban J connectivity index is 1.83. The summed E-state index contributed by atoms with van der Waals surface area (Å²) >= 11 is 0. The highest BCUT2D eigenvalue weighted by molar-refractivity contribution is 5.78. The SMILES string of the molecule is Cc1ccc(C)c(Nc2ncnc(N(Cc3ccccc3)c3ccccn3)c2[N+](=O)[O-])c1. The second-order valence-corrected chi connectivity index (χ2v) is 7.35. The lowest BCUT2D eigenvalue weighted by atomic mass is 10.1. The van der Waals surface area contributed by atoms with E-state index in [2.05, 4.69) is 20.3 Å². The van der Waals surface area contributed by atoms with Gasteiger partial charge in [-0.05, 0) is 48.7 Å². The lowest BCUT2D eigenvalue weighted by molar-refractivity contribution is -0.383. The third-order valence-corrected chi connectivity index (χ3v) is 5.00. The lowest BCUT2D eigenvalue weighted by Gasteiger charge is -2.23. The number of aromatic nitrogens is 3. The van der Waals surface area contributed by atoms with Gasteiger partial charge < -0.3 is 10.2 Å². The molecular weight excluding hydrogens is 404 g/mol. The molecule has 0 saturated carbocycles. The maximum absolute atomic E-state index is 12.2. The Hall–Kier alpha value is -4.33. The highest BCUT2D eigenvalue weighted by Gasteiger charge is 2.29. The summed E-state index contributed by atoms with van der Waals surface area (Å²) in [6, 6.07) is 21.0. The van der Waals surface area contributed by atoms with Gasteiger partial charge in [0.15, 0.2) is 0 Å². The zero-order chi connectivity index (χ0) is 22.5. The molecule has 0 radical (unpaired) electrons. The number of nitrogens with zero attached hydrogens (tertiary/aromatic N) is 5. The van der Waals surface area contributed by atoms with Crippen LogP contribution < -0.4 is 10.2 Å². The van der Waals surface area contributed by atoms with E-state index in [1.165, 1.54) is 6.33 Å². The molecule has 4 rings (SSSR count). The van der Waals surface area contributed by atoms with Crippen molar-refractivity contribution in [1.82, 2.24) is 15.0 Å². The van der Waals surface area contributed by atoms with Gasteiger partial charge in [0.05, 0.1) is 11.5 Å². The summed E-state index contributed by atoms with van der Waals surface area (Å²) in [4.78, 5) is 26.4. The average molecular weight is 426 g/mol. The summed E-state index contributed by atoms with van der Waals surface area (Å²) in [6.07, 6.45) is 2.98. The van der Waals surface area contributed by atoms with Crippen molar-refractivity contribution in [2.75, 3.05) is 10.2 Å². The molecular formula is C24H22N6O2. The molecule has 0 aliphatic carbocycles. The minimum Gasteiger partial charge on any atom is -0.334 e. The molecule has 0 fully saturated rings. The lowest BCUT2D eigenvalue weighted by Crippen LogP contribution is -2.21. The van der Waals surface area contributed by atoms with Gasteiger partial charge in [-0.25, -0.2) is 15.0 Å². The van der Waals surface area contributed by atoms with Crippen LogP contribution >= 0.6 is 0 Å². The van der Waals surface area contributed by atoms with Crippen LogP contribution in [0.25, 0.3) is 0 Å². The van der Waals surface area contributed by atoms with Crippen molar-refractivity contribution >= 4 is 28.8 Å². The highest BCUT2D eigenvalue weighted by atomic mass is 16.6. The first-order valence-electron chi connectivity index (χ1n) is 10.1. The first kappa shape index (κ1) is 20.9. The Kier molecular flexibility index (Phi) is 6.03. The fourth-order valence-corrected chi connectivity index (χ4v) is 3.37. The normalized spacial score (nSPS) is 10.6. The van der Waals surface area contributed by atoms with E-state index in [1.54, 1.807) is 23.2 Å². The molecule has 4 aromatic rings. The predicted octanol–water partition coefficient (Wildman–Crippen LogP) is 5.48. The second-order valence-electron chi connectivity index (χ2n) is 7.35. The first-order chi connectivity index (χ1) is 15.5. The molecule has 0 aliphatic rings. The topological polar surface area (TPSA) is 97.1 Å². The monoisotopic (exact) mass is 426 g/mol. The minimum absolute atomic E-state index is 0.127. The number of aryl methyl sites for hydroxylation is 2. The number of benzene rings is 2. The van der Waals surface area contributed by atoms with Gasteiger partial charge in [0.1, 0.15) is 12.1 Å². The quantitative estimate of drug-likeness (QED) is 0.309. The fraction of sp³-hybridized carbons (Fsp3) is 0.125. The van der Waals surface area contributed by atoms with E-state index in [1.807, 2.05) is 68.4 Å². The van der Waals surface area contributed by atoms with Gasteiger partial charge in [0, 0.05) is 11.9 Å². The zero-order valence-corrected chi connectivity index (χ0v) is 17.8. The maximum Gasteiger partial charge on any atom is 0.354 e. The molecule has 0 spiro atoms. The van der Waals surface area contributed by atoms with Gasteiger partial charge in [-0.15, -0.1) is 0 Å². The Morgan fingerprint density at radius 3 is 2.47 bits per heavy atom. The smallest absolute Gasteiger partial charge is 0.334 e. The molecule has 0 unspecified atom stereocenters. The fourth-order valence-electron chi connectivity index (χ4n) is 3.37. The van der Waals surface area contributed by atoms with E-state index in [-0.39, 0.29) is 17.3 Å². The molecule has 1 N–H and O–H groups in total. The van der Waals surface area contributed by atoms with Crippen LogP contribution in [0.3, 0.4) is 0 Å². The van der Waals surface area contributed by atoms with Crippen LogP contribution in [0, 0.1) is 24.0 Å². The maximum atomic E-state index is 12.2. The number of anilines is 4. The zero-order valence-electron chi connectivity index (χ0n) is 17.8. The predicted molar refractivity (Wildman–Crippen MR) is 124 cm³/mol. The summed E-state index contributed by atoms with van der Waals surface area (Å²) in [5.41, 5.74) is 3.50. The molecule has 2 aromatic heterocycles. The molecule has 2 heterocycles. The molecule has 160 valence electrons. The Bertz CT molecular complexity index is 1230. The Morgan fingerprint density at radius 1 is 0.969 bits per heavy atom. The molecule has 8 nitrogen and oxygen atoms in total. The summed E-state index contributed by atoms with van der Waals surface area (Å²) < 4.78 is 0. The van der Waals surface area contributed by atoms with Gasteiger partial charge >= 0.3 is 5.69 Å². The molecule has 0 aliphatic heterocycles. The number of pyridine rings is 1. The van der Waals surface area contributed by atoms with Gasteiger partial charge in [-0.2, -0.15) is 0 Å². The standard InChI is InChI=1S/C24H22N6O2/c1-17-11-12-18(2)20(14-17)28-23-22(30(31)32)24(27-16-26-23)29(21-10-6-7-13-25-21)15-19-8-4-3-5-9-19/h3-14,16H,15H2,1-2H3,(H,26,27,28). The molecule has 0 amide bonds. The van der Waals surface area contributed by atoms with Crippen LogP contribution in [0.1, 0.15) is 16.7 Å². The molecule has 2 aromatic carbocycles. The van der Waals surface area contributed by atoms with E-state index in [9.17, 15) is 10.1 Å². The number of hydrogen-bond acceptors (Lipinski definition) is 7. The van der Waals surface area contributed by atoms with E-state index >= 15 is 0 Å². The number of nitro groups is 1. The number of nitrogens with one attached hydrogen (secondary N) is 1. The van der Waals surface area contributed by atoms with Crippen LogP contribution in [-0.4, -0.2) is 19.9 Å². The van der Waals surface area contributed by atoms with Crippen LogP contribution in [0.5, 0.6) is 0 Å². The van der Waals surface area contributed by atoms with Crippen LogP contribution in [0.15, 0.2) is 79.3 Å². The van der Waals surface area contributed by atoms with E-state index in [4.69, 9.17) is 0 Å². The van der Waals surface area contributed by atoms with E-state index in [0.29, 0.717) is 12.4 Å². The van der Waals surface area contributed by atoms with E-state index in [0.717, 1.165) is 22.4 Å². The van der Waals surface area contributed by atoms with Crippen LogP contribution in [-0.2, 0) is 6.54 Å². The second kappa shape index (κ2) is 9.22. The van der Waals surface area contributed by atoms with Crippen molar-refractivity contribution in [2.24, 2.45) is 0 Å². The van der Waals surface area contributed by atoms with Gasteiger partial charge in [0.25, 0.3) is 0 Å². The van der Waals surface area contributed by atoms with Gasteiger partial charge in [-0.1, -0.05) is 48.5 Å². The Morgan fingerprint density at radius 2 is 1.75 bits per heavy atom.